The molecule has 3 aromatic rings. The van der Waals surface area contributed by atoms with E-state index in [2.05, 4.69) is 20.9 Å². The van der Waals surface area contributed by atoms with Gasteiger partial charge in [-0.2, -0.15) is 0 Å². The summed E-state index contributed by atoms with van der Waals surface area (Å²) in [5.41, 5.74) is 6.26. The number of halogens is 3. The van der Waals surface area contributed by atoms with Crippen LogP contribution in [0.25, 0.3) is 22.5 Å². The summed E-state index contributed by atoms with van der Waals surface area (Å²) in [6.45, 7) is 3.80. The molecular weight excluding hydrogens is 412 g/mol. The number of aromatic nitrogens is 2. The highest BCUT2D eigenvalue weighted by Gasteiger charge is 2.24. The summed E-state index contributed by atoms with van der Waals surface area (Å²) in [6.07, 6.45) is 0. The van der Waals surface area contributed by atoms with Crippen LogP contribution in [0.15, 0.2) is 33.5 Å². The second kappa shape index (κ2) is 6.68. The van der Waals surface area contributed by atoms with Crippen molar-refractivity contribution in [2.45, 2.75) is 20.4 Å². The lowest BCUT2D eigenvalue weighted by molar-refractivity contribution is 0.584. The fourth-order valence-corrected chi connectivity index (χ4v) is 3.92. The highest BCUT2D eigenvalue weighted by Crippen LogP contribution is 2.38. The monoisotopic (exact) mass is 425 g/mol. The maximum Gasteiger partial charge on any atom is 0.265 e. The lowest BCUT2D eigenvalue weighted by Gasteiger charge is -2.17. The second-order valence-corrected chi connectivity index (χ2v) is 7.45. The van der Waals surface area contributed by atoms with Gasteiger partial charge in [-0.05, 0) is 48.0 Å². The van der Waals surface area contributed by atoms with Gasteiger partial charge in [-0.1, -0.05) is 6.07 Å². The summed E-state index contributed by atoms with van der Waals surface area (Å²) in [5, 5.41) is 0.345. The fraction of sp³-hybridized carbons (Fsp3) is 0.176. The first-order valence-corrected chi connectivity index (χ1v) is 9.07. The smallest absolute Gasteiger partial charge is 0.265 e. The Morgan fingerprint density at radius 3 is 2.48 bits per heavy atom. The van der Waals surface area contributed by atoms with Gasteiger partial charge in [0, 0.05) is 17.0 Å². The van der Waals surface area contributed by atoms with Crippen LogP contribution >= 0.6 is 27.3 Å². The SMILES string of the molecule is CCn1c(-c2c(F)cccc2F)c(-c2nc(N)sc2C)cc(Br)c1=O. The molecule has 1 aromatic carbocycles. The van der Waals surface area contributed by atoms with Crippen molar-refractivity contribution in [3.63, 3.8) is 0 Å². The third-order valence-electron chi connectivity index (χ3n) is 3.83. The Labute approximate surface area is 155 Å². The van der Waals surface area contributed by atoms with Crippen molar-refractivity contribution in [1.29, 1.82) is 0 Å². The Kier molecular flexibility index (Phi) is 4.75. The van der Waals surface area contributed by atoms with Crippen LogP contribution in [0.3, 0.4) is 0 Å². The zero-order valence-corrected chi connectivity index (χ0v) is 15.8. The predicted octanol–water partition coefficient (Wildman–Crippen LogP) is 4.59. The van der Waals surface area contributed by atoms with Gasteiger partial charge in [-0.25, -0.2) is 13.8 Å². The number of anilines is 1. The fourth-order valence-electron chi connectivity index (χ4n) is 2.78. The van der Waals surface area contributed by atoms with Gasteiger partial charge in [0.1, 0.15) is 11.6 Å². The zero-order valence-electron chi connectivity index (χ0n) is 13.4. The van der Waals surface area contributed by atoms with Gasteiger partial charge in [0.25, 0.3) is 5.56 Å². The third-order valence-corrected chi connectivity index (χ3v) is 5.20. The van der Waals surface area contributed by atoms with E-state index < -0.39 is 11.6 Å². The number of rotatable bonds is 3. The van der Waals surface area contributed by atoms with Crippen molar-refractivity contribution in [2.24, 2.45) is 0 Å². The van der Waals surface area contributed by atoms with Gasteiger partial charge < -0.3 is 10.3 Å². The molecule has 0 saturated carbocycles. The van der Waals surface area contributed by atoms with Gasteiger partial charge in [0.05, 0.1) is 21.4 Å². The van der Waals surface area contributed by atoms with E-state index in [9.17, 15) is 13.6 Å². The van der Waals surface area contributed by atoms with E-state index >= 15 is 0 Å². The van der Waals surface area contributed by atoms with Crippen LogP contribution in [0.5, 0.6) is 0 Å². The molecule has 0 aliphatic heterocycles. The standard InChI is InChI=1S/C17H14BrF2N3OS/c1-3-23-15(13-11(19)5-4-6-12(13)20)9(7-10(18)16(23)24)14-8(2)25-17(21)22-14/h4-7H,3H2,1-2H3,(H2,21,22). The normalized spacial score (nSPS) is 11.1. The molecule has 0 bridgehead atoms. The van der Waals surface area contributed by atoms with Crippen LogP contribution in [0.1, 0.15) is 11.8 Å². The Hall–Kier alpha value is -2.06. The van der Waals surface area contributed by atoms with Gasteiger partial charge in [-0.3, -0.25) is 4.79 Å². The van der Waals surface area contributed by atoms with Crippen LogP contribution in [-0.4, -0.2) is 9.55 Å². The zero-order chi connectivity index (χ0) is 18.3. The summed E-state index contributed by atoms with van der Waals surface area (Å²) in [5.74, 6) is -1.49. The number of thiazole rings is 1. The number of nitrogens with zero attached hydrogens (tertiary/aromatic N) is 2. The molecular formula is C17H14BrF2N3OS. The molecule has 0 aliphatic carbocycles. The van der Waals surface area contributed by atoms with Crippen molar-refractivity contribution < 1.29 is 8.78 Å². The van der Waals surface area contributed by atoms with Crippen LogP contribution < -0.4 is 11.3 Å². The molecule has 0 unspecified atom stereocenters. The van der Waals surface area contributed by atoms with Crippen molar-refractivity contribution in [2.75, 3.05) is 5.73 Å². The van der Waals surface area contributed by atoms with E-state index in [0.717, 1.165) is 17.0 Å². The summed E-state index contributed by atoms with van der Waals surface area (Å²) in [4.78, 5) is 17.6. The molecule has 8 heteroatoms. The average Bonchev–Trinajstić information content (AvgIpc) is 2.89. The maximum atomic E-state index is 14.5. The van der Waals surface area contributed by atoms with E-state index in [-0.39, 0.29) is 27.8 Å². The quantitative estimate of drug-likeness (QED) is 0.667. The van der Waals surface area contributed by atoms with Gasteiger partial charge in [0.15, 0.2) is 5.13 Å². The first-order chi connectivity index (χ1) is 11.8. The molecule has 2 N–H and O–H groups in total. The van der Waals surface area contributed by atoms with E-state index in [1.165, 1.54) is 28.0 Å². The summed E-state index contributed by atoms with van der Waals surface area (Å²) >= 11 is 4.51. The molecule has 0 fully saturated rings. The van der Waals surface area contributed by atoms with Gasteiger partial charge in [-0.15, -0.1) is 11.3 Å². The van der Waals surface area contributed by atoms with E-state index in [1.807, 2.05) is 6.92 Å². The number of benzene rings is 1. The minimum atomic E-state index is -0.744. The first-order valence-electron chi connectivity index (χ1n) is 7.46. The molecule has 25 heavy (non-hydrogen) atoms. The molecule has 0 radical (unpaired) electrons. The number of nitrogens with two attached hydrogens (primary N) is 1. The number of nitrogen functional groups attached to an aromatic ring is 1. The van der Waals surface area contributed by atoms with E-state index in [1.54, 1.807) is 6.92 Å². The minimum absolute atomic E-state index is 0.153. The number of hydrogen-bond acceptors (Lipinski definition) is 4. The van der Waals surface area contributed by atoms with Gasteiger partial charge in [0.2, 0.25) is 0 Å². The van der Waals surface area contributed by atoms with Crippen molar-refractivity contribution in [3.8, 4) is 22.5 Å². The Morgan fingerprint density at radius 1 is 1.32 bits per heavy atom. The maximum absolute atomic E-state index is 14.5. The topological polar surface area (TPSA) is 60.9 Å². The molecule has 0 saturated heterocycles. The number of aryl methyl sites for hydroxylation is 1. The summed E-state index contributed by atoms with van der Waals surface area (Å²) in [7, 11) is 0. The minimum Gasteiger partial charge on any atom is -0.375 e. The van der Waals surface area contributed by atoms with Crippen LogP contribution in [-0.2, 0) is 6.54 Å². The molecule has 3 rings (SSSR count). The van der Waals surface area contributed by atoms with E-state index in [0.29, 0.717) is 16.4 Å². The molecule has 0 spiro atoms. The highest BCUT2D eigenvalue weighted by molar-refractivity contribution is 9.10. The Bertz CT molecular complexity index is 1010. The molecule has 2 heterocycles. The van der Waals surface area contributed by atoms with Crippen LogP contribution in [0.4, 0.5) is 13.9 Å². The van der Waals surface area contributed by atoms with Crippen LogP contribution in [0.2, 0.25) is 0 Å². The summed E-state index contributed by atoms with van der Waals surface area (Å²) in [6, 6.07) is 5.15. The van der Waals surface area contributed by atoms with Crippen molar-refractivity contribution >= 4 is 32.4 Å². The molecule has 0 atom stereocenters. The predicted molar refractivity (Wildman–Crippen MR) is 99.7 cm³/mol. The third kappa shape index (κ3) is 3.00. The lowest BCUT2D eigenvalue weighted by atomic mass is 10.0. The molecule has 130 valence electrons. The van der Waals surface area contributed by atoms with Crippen molar-refractivity contribution in [1.82, 2.24) is 9.55 Å². The Balaban J connectivity index is 2.50. The molecule has 4 nitrogen and oxygen atoms in total. The second-order valence-electron chi connectivity index (χ2n) is 5.36. The van der Waals surface area contributed by atoms with Crippen molar-refractivity contribution in [3.05, 3.63) is 55.6 Å². The van der Waals surface area contributed by atoms with Crippen LogP contribution in [0, 0.1) is 18.6 Å². The highest BCUT2D eigenvalue weighted by atomic mass is 79.9. The number of hydrogen-bond donors (Lipinski definition) is 1. The largest absolute Gasteiger partial charge is 0.375 e. The molecule has 0 aliphatic rings. The lowest BCUT2D eigenvalue weighted by Crippen LogP contribution is -2.23. The first kappa shape index (κ1) is 17.8. The summed E-state index contributed by atoms with van der Waals surface area (Å²) < 4.78 is 30.6. The number of pyridine rings is 1. The van der Waals surface area contributed by atoms with E-state index in [4.69, 9.17) is 5.73 Å². The average molecular weight is 426 g/mol. The molecule has 2 aromatic heterocycles. The molecule has 0 amide bonds. The van der Waals surface area contributed by atoms with Gasteiger partial charge >= 0.3 is 0 Å². The Morgan fingerprint density at radius 2 is 1.96 bits per heavy atom.